The number of anilines is 1. The van der Waals surface area contributed by atoms with Crippen molar-refractivity contribution in [2.24, 2.45) is 17.4 Å². The maximum atomic E-state index is 13.4. The van der Waals surface area contributed by atoms with Crippen molar-refractivity contribution in [3.63, 3.8) is 0 Å². The average molecular weight is 409 g/mol. The Morgan fingerprint density at radius 3 is 2.23 bits per heavy atom. The quantitative estimate of drug-likeness (QED) is 0.387. The minimum absolute atomic E-state index is 0.0887. The predicted molar refractivity (Wildman–Crippen MR) is 116 cm³/mol. The van der Waals surface area contributed by atoms with E-state index in [9.17, 15) is 14.4 Å². The third kappa shape index (κ3) is 5.74. The topological polar surface area (TPSA) is 142 Å². The standard InChI is InChI=1S/C22H27N5O3/c1-14(2)11-18(26-19(28)13-23)22(30)27(17-9-4-3-5-10-17)21(29)16-8-6-7-15(12-16)20(24)25/h3-10,12,14,18H,11,13,23H2,1-2H3,(H3,24,25)(H,26,28)/t18-/m1/s1. The van der Waals surface area contributed by atoms with Crippen LogP contribution in [0.2, 0.25) is 0 Å². The van der Waals surface area contributed by atoms with Gasteiger partial charge >= 0.3 is 0 Å². The van der Waals surface area contributed by atoms with Gasteiger partial charge < -0.3 is 16.8 Å². The number of para-hydroxylation sites is 1. The summed E-state index contributed by atoms with van der Waals surface area (Å²) in [6.07, 6.45) is 0.342. The van der Waals surface area contributed by atoms with Gasteiger partial charge in [0.1, 0.15) is 11.9 Å². The van der Waals surface area contributed by atoms with Crippen LogP contribution in [0, 0.1) is 11.3 Å². The van der Waals surface area contributed by atoms with Gasteiger partial charge in [-0.25, -0.2) is 4.90 Å². The van der Waals surface area contributed by atoms with Gasteiger partial charge in [-0.2, -0.15) is 0 Å². The summed E-state index contributed by atoms with van der Waals surface area (Å²) in [6.45, 7) is 3.57. The van der Waals surface area contributed by atoms with Crippen molar-refractivity contribution in [3.8, 4) is 0 Å². The van der Waals surface area contributed by atoms with Crippen LogP contribution >= 0.6 is 0 Å². The maximum absolute atomic E-state index is 13.4. The van der Waals surface area contributed by atoms with Crippen molar-refractivity contribution in [1.82, 2.24) is 5.32 Å². The summed E-state index contributed by atoms with van der Waals surface area (Å²) in [5, 5.41) is 10.2. The molecular weight excluding hydrogens is 382 g/mol. The van der Waals surface area contributed by atoms with E-state index in [2.05, 4.69) is 5.32 Å². The lowest BCUT2D eigenvalue weighted by Crippen LogP contribution is -2.52. The van der Waals surface area contributed by atoms with Crippen LogP contribution in [0.25, 0.3) is 0 Å². The minimum atomic E-state index is -0.916. The average Bonchev–Trinajstić information content (AvgIpc) is 2.73. The molecule has 0 unspecified atom stereocenters. The zero-order valence-electron chi connectivity index (χ0n) is 17.1. The summed E-state index contributed by atoms with van der Waals surface area (Å²) >= 11 is 0. The number of imide groups is 1. The van der Waals surface area contributed by atoms with Crippen molar-refractivity contribution in [2.75, 3.05) is 11.4 Å². The molecule has 1 atom stereocenters. The zero-order chi connectivity index (χ0) is 22.3. The molecule has 3 amide bonds. The molecule has 0 bridgehead atoms. The highest BCUT2D eigenvalue weighted by molar-refractivity contribution is 6.23. The van der Waals surface area contributed by atoms with Crippen molar-refractivity contribution in [1.29, 1.82) is 5.41 Å². The van der Waals surface area contributed by atoms with Crippen molar-refractivity contribution >= 4 is 29.2 Å². The summed E-state index contributed by atoms with van der Waals surface area (Å²) < 4.78 is 0. The monoisotopic (exact) mass is 409 g/mol. The van der Waals surface area contributed by atoms with Gasteiger partial charge in [-0.1, -0.05) is 44.2 Å². The van der Waals surface area contributed by atoms with Gasteiger partial charge in [-0.15, -0.1) is 0 Å². The lowest BCUT2D eigenvalue weighted by atomic mass is 10.0. The van der Waals surface area contributed by atoms with Crippen LogP contribution in [0.1, 0.15) is 36.2 Å². The highest BCUT2D eigenvalue weighted by atomic mass is 16.2. The van der Waals surface area contributed by atoms with Gasteiger partial charge in [0.25, 0.3) is 11.8 Å². The number of nitrogens with two attached hydrogens (primary N) is 2. The molecule has 8 heteroatoms. The van der Waals surface area contributed by atoms with Gasteiger partial charge in [0.2, 0.25) is 5.91 Å². The molecule has 30 heavy (non-hydrogen) atoms. The molecule has 0 aliphatic carbocycles. The fourth-order valence-electron chi connectivity index (χ4n) is 2.97. The van der Waals surface area contributed by atoms with E-state index in [1.807, 2.05) is 13.8 Å². The number of rotatable bonds is 8. The van der Waals surface area contributed by atoms with Gasteiger partial charge in [-0.3, -0.25) is 19.8 Å². The van der Waals surface area contributed by atoms with Crippen LogP contribution in [0.3, 0.4) is 0 Å². The third-order valence-electron chi connectivity index (χ3n) is 4.38. The largest absolute Gasteiger partial charge is 0.384 e. The number of amidine groups is 1. The maximum Gasteiger partial charge on any atom is 0.265 e. The van der Waals surface area contributed by atoms with Crippen molar-refractivity contribution in [3.05, 3.63) is 65.7 Å². The van der Waals surface area contributed by atoms with Gasteiger partial charge in [0.05, 0.1) is 12.2 Å². The first-order chi connectivity index (χ1) is 14.2. The van der Waals surface area contributed by atoms with Crippen LogP contribution in [0.5, 0.6) is 0 Å². The normalized spacial score (nSPS) is 11.6. The SMILES string of the molecule is CC(C)C[C@@H](NC(=O)CN)C(=O)N(C(=O)c1cccc(C(=N)N)c1)c1ccccc1. The number of nitrogen functional groups attached to an aromatic ring is 1. The number of carbonyl (C=O) groups is 3. The second-order valence-corrected chi connectivity index (χ2v) is 7.26. The molecule has 0 fully saturated rings. The lowest BCUT2D eigenvalue weighted by molar-refractivity contribution is -0.126. The van der Waals surface area contributed by atoms with E-state index in [4.69, 9.17) is 16.9 Å². The van der Waals surface area contributed by atoms with E-state index in [0.717, 1.165) is 4.90 Å². The van der Waals surface area contributed by atoms with Gasteiger partial charge in [0, 0.05) is 11.1 Å². The van der Waals surface area contributed by atoms with Crippen molar-refractivity contribution in [2.45, 2.75) is 26.3 Å². The fourth-order valence-corrected chi connectivity index (χ4v) is 2.97. The number of carbonyl (C=O) groups excluding carboxylic acids is 3. The van der Waals surface area contributed by atoms with Gasteiger partial charge in [-0.05, 0) is 36.6 Å². The highest BCUT2D eigenvalue weighted by Crippen LogP contribution is 2.21. The smallest absolute Gasteiger partial charge is 0.265 e. The van der Waals surface area contributed by atoms with Crippen LogP contribution in [0.15, 0.2) is 54.6 Å². The number of benzene rings is 2. The number of nitrogens with one attached hydrogen (secondary N) is 2. The Balaban J connectivity index is 2.50. The lowest BCUT2D eigenvalue weighted by Gasteiger charge is -2.27. The molecule has 0 aliphatic rings. The zero-order valence-corrected chi connectivity index (χ0v) is 17.1. The summed E-state index contributed by atoms with van der Waals surface area (Å²) in [5.41, 5.74) is 11.9. The third-order valence-corrected chi connectivity index (χ3v) is 4.38. The minimum Gasteiger partial charge on any atom is -0.384 e. The number of hydrogen-bond donors (Lipinski definition) is 4. The Bertz CT molecular complexity index is 927. The first-order valence-corrected chi connectivity index (χ1v) is 9.61. The molecular formula is C22H27N5O3. The molecule has 0 spiro atoms. The molecule has 0 aliphatic heterocycles. The first kappa shape index (κ1) is 22.8. The Kier molecular flexibility index (Phi) is 7.83. The number of nitrogens with zero attached hydrogens (tertiary/aromatic N) is 1. The molecule has 2 aromatic rings. The summed E-state index contributed by atoms with van der Waals surface area (Å²) in [4.78, 5) is 39.8. The van der Waals surface area contributed by atoms with Crippen LogP contribution in [0.4, 0.5) is 5.69 Å². The van der Waals surface area contributed by atoms with Gasteiger partial charge in [0.15, 0.2) is 0 Å². The molecule has 6 N–H and O–H groups in total. The second-order valence-electron chi connectivity index (χ2n) is 7.26. The molecule has 0 aromatic heterocycles. The van der Waals surface area contributed by atoms with Crippen LogP contribution < -0.4 is 21.7 Å². The summed E-state index contributed by atoms with van der Waals surface area (Å²) in [5.74, 6) is -1.71. The molecule has 0 saturated heterocycles. The first-order valence-electron chi connectivity index (χ1n) is 9.61. The highest BCUT2D eigenvalue weighted by Gasteiger charge is 2.32. The molecule has 0 radical (unpaired) electrons. The Morgan fingerprint density at radius 1 is 1.03 bits per heavy atom. The number of hydrogen-bond acceptors (Lipinski definition) is 5. The van der Waals surface area contributed by atoms with E-state index in [1.165, 1.54) is 6.07 Å². The molecule has 2 aromatic carbocycles. The second kappa shape index (κ2) is 10.3. The fraction of sp³-hybridized carbons (Fsp3) is 0.273. The molecule has 0 heterocycles. The predicted octanol–water partition coefficient (Wildman–Crippen LogP) is 1.63. The molecule has 158 valence electrons. The van der Waals surface area contributed by atoms with E-state index in [-0.39, 0.29) is 23.9 Å². The van der Waals surface area contributed by atoms with Crippen LogP contribution in [-0.2, 0) is 9.59 Å². The van der Waals surface area contributed by atoms with E-state index >= 15 is 0 Å². The van der Waals surface area contributed by atoms with Crippen molar-refractivity contribution < 1.29 is 14.4 Å². The summed E-state index contributed by atoms with van der Waals surface area (Å²) in [6, 6.07) is 13.8. The number of amides is 3. The Morgan fingerprint density at radius 2 is 1.67 bits per heavy atom. The molecule has 2 rings (SSSR count). The molecule has 8 nitrogen and oxygen atoms in total. The Hall–Kier alpha value is -3.52. The van der Waals surface area contributed by atoms with E-state index in [0.29, 0.717) is 17.7 Å². The summed E-state index contributed by atoms with van der Waals surface area (Å²) in [7, 11) is 0. The van der Waals surface area contributed by atoms with E-state index < -0.39 is 23.8 Å². The van der Waals surface area contributed by atoms with E-state index in [1.54, 1.807) is 48.5 Å². The molecule has 0 saturated carbocycles. The van der Waals surface area contributed by atoms with Crippen LogP contribution in [-0.4, -0.2) is 36.1 Å². The Labute approximate surface area is 175 Å².